The SMILES string of the molecule is NC(CC(=O)N[C@@H]1CCO[C@H]1c1ccc(=O)[nH]c1)c1ccccc1. The number of carbonyl (C=O) groups excluding carboxylic acids is 1. The van der Waals surface area contributed by atoms with Crippen LogP contribution in [0.3, 0.4) is 0 Å². The lowest BCUT2D eigenvalue weighted by Crippen LogP contribution is -2.38. The Bertz CT molecular complexity index is 724. The second-order valence-corrected chi connectivity index (χ2v) is 5.96. The van der Waals surface area contributed by atoms with Crippen LogP contribution in [-0.2, 0) is 9.53 Å². The van der Waals surface area contributed by atoms with Gasteiger partial charge in [0.05, 0.1) is 6.04 Å². The van der Waals surface area contributed by atoms with Gasteiger partial charge in [-0.15, -0.1) is 0 Å². The fourth-order valence-corrected chi connectivity index (χ4v) is 2.95. The first-order valence-corrected chi connectivity index (χ1v) is 8.03. The average Bonchev–Trinajstić information content (AvgIpc) is 3.04. The van der Waals surface area contributed by atoms with Gasteiger partial charge in [-0.25, -0.2) is 0 Å². The minimum atomic E-state index is -0.333. The van der Waals surface area contributed by atoms with E-state index in [0.717, 1.165) is 17.5 Å². The van der Waals surface area contributed by atoms with Gasteiger partial charge in [-0.3, -0.25) is 9.59 Å². The van der Waals surface area contributed by atoms with Crippen molar-refractivity contribution >= 4 is 5.91 Å². The number of carbonyl (C=O) groups is 1. The fraction of sp³-hybridized carbons (Fsp3) is 0.333. The van der Waals surface area contributed by atoms with Gasteiger partial charge in [0.1, 0.15) is 6.10 Å². The minimum absolute atomic E-state index is 0.101. The molecule has 1 saturated heterocycles. The van der Waals surface area contributed by atoms with Gasteiger partial charge in [-0.2, -0.15) is 0 Å². The first-order valence-electron chi connectivity index (χ1n) is 8.03. The second kappa shape index (κ2) is 7.42. The fourth-order valence-electron chi connectivity index (χ4n) is 2.95. The molecule has 2 aromatic rings. The number of rotatable bonds is 5. The van der Waals surface area contributed by atoms with Gasteiger partial charge in [0.15, 0.2) is 0 Å². The van der Waals surface area contributed by atoms with Crippen LogP contribution in [0.25, 0.3) is 0 Å². The Balaban J connectivity index is 1.61. The lowest BCUT2D eigenvalue weighted by atomic mass is 10.0. The lowest BCUT2D eigenvalue weighted by Gasteiger charge is -2.21. The van der Waals surface area contributed by atoms with Crippen molar-refractivity contribution in [2.75, 3.05) is 6.61 Å². The van der Waals surface area contributed by atoms with Crippen LogP contribution in [0.15, 0.2) is 53.5 Å². The number of benzene rings is 1. The zero-order chi connectivity index (χ0) is 16.9. The van der Waals surface area contributed by atoms with Gasteiger partial charge < -0.3 is 20.8 Å². The molecule has 0 radical (unpaired) electrons. The minimum Gasteiger partial charge on any atom is -0.371 e. The molecule has 6 heteroatoms. The van der Waals surface area contributed by atoms with Gasteiger partial charge in [0.25, 0.3) is 0 Å². The summed E-state index contributed by atoms with van der Waals surface area (Å²) in [5, 5.41) is 3.01. The van der Waals surface area contributed by atoms with E-state index in [1.807, 2.05) is 30.3 Å². The molecule has 3 rings (SSSR count). The predicted octanol–water partition coefficient (Wildman–Crippen LogP) is 1.41. The van der Waals surface area contributed by atoms with Crippen molar-refractivity contribution in [2.45, 2.75) is 31.0 Å². The number of H-pyrrole nitrogens is 1. The molecule has 1 aliphatic rings. The molecule has 1 aliphatic heterocycles. The van der Waals surface area contributed by atoms with Gasteiger partial charge in [-0.05, 0) is 23.6 Å². The molecular weight excluding hydrogens is 306 g/mol. The van der Waals surface area contributed by atoms with Gasteiger partial charge in [0, 0.05) is 31.3 Å². The number of hydrogen-bond donors (Lipinski definition) is 3. The number of pyridine rings is 1. The largest absolute Gasteiger partial charge is 0.371 e. The molecule has 4 N–H and O–H groups in total. The van der Waals surface area contributed by atoms with Crippen molar-refractivity contribution in [3.8, 4) is 0 Å². The van der Waals surface area contributed by atoms with E-state index in [0.29, 0.717) is 6.61 Å². The Kier molecular flexibility index (Phi) is 5.08. The molecule has 0 aliphatic carbocycles. The standard InChI is InChI=1S/C18H21N3O3/c19-14(12-4-2-1-3-5-12)10-17(23)21-15-8-9-24-18(15)13-6-7-16(22)20-11-13/h1-7,11,14-15,18H,8-10,19H2,(H,20,22)(H,21,23)/t14?,15-,18+/m1/s1. The molecule has 24 heavy (non-hydrogen) atoms. The third-order valence-electron chi connectivity index (χ3n) is 4.21. The summed E-state index contributed by atoms with van der Waals surface area (Å²) in [6.07, 6.45) is 2.33. The highest BCUT2D eigenvalue weighted by Gasteiger charge is 2.31. The monoisotopic (exact) mass is 327 g/mol. The van der Waals surface area contributed by atoms with Gasteiger partial charge >= 0.3 is 0 Å². The Hall–Kier alpha value is -2.44. The summed E-state index contributed by atoms with van der Waals surface area (Å²) >= 11 is 0. The molecule has 6 nitrogen and oxygen atoms in total. The van der Waals surface area contributed by atoms with Gasteiger partial charge in [0.2, 0.25) is 11.5 Å². The van der Waals surface area contributed by atoms with Crippen molar-refractivity contribution in [3.63, 3.8) is 0 Å². The summed E-state index contributed by atoms with van der Waals surface area (Å²) in [6, 6.07) is 12.3. The first-order chi connectivity index (χ1) is 11.6. The summed E-state index contributed by atoms with van der Waals surface area (Å²) in [5.74, 6) is -0.101. The van der Waals surface area contributed by atoms with Crippen LogP contribution in [0.5, 0.6) is 0 Å². The maximum atomic E-state index is 12.3. The number of amides is 1. The summed E-state index contributed by atoms with van der Waals surface area (Å²) in [6.45, 7) is 0.569. The van der Waals surface area contributed by atoms with Crippen molar-refractivity contribution in [1.82, 2.24) is 10.3 Å². The van der Waals surface area contributed by atoms with E-state index in [-0.39, 0.29) is 36.1 Å². The van der Waals surface area contributed by atoms with E-state index < -0.39 is 0 Å². The van der Waals surface area contributed by atoms with E-state index in [9.17, 15) is 9.59 Å². The highest BCUT2D eigenvalue weighted by molar-refractivity contribution is 5.77. The molecule has 3 atom stereocenters. The Labute approximate surface area is 140 Å². The number of aromatic nitrogens is 1. The number of nitrogens with one attached hydrogen (secondary N) is 2. The van der Waals surface area contributed by atoms with E-state index in [4.69, 9.17) is 10.5 Å². The van der Waals surface area contributed by atoms with Crippen LogP contribution in [0.2, 0.25) is 0 Å². The molecule has 1 amide bonds. The first kappa shape index (κ1) is 16.4. The van der Waals surface area contributed by atoms with Crippen LogP contribution in [-0.4, -0.2) is 23.5 Å². The molecule has 2 heterocycles. The van der Waals surface area contributed by atoms with Crippen LogP contribution in [0.1, 0.15) is 36.1 Å². The molecular formula is C18H21N3O3. The zero-order valence-electron chi connectivity index (χ0n) is 13.3. The summed E-state index contributed by atoms with van der Waals surface area (Å²) in [7, 11) is 0. The Morgan fingerprint density at radius 1 is 1.29 bits per heavy atom. The number of hydrogen-bond acceptors (Lipinski definition) is 4. The molecule has 1 unspecified atom stereocenters. The smallest absolute Gasteiger partial charge is 0.247 e. The summed E-state index contributed by atoms with van der Waals surface area (Å²) < 4.78 is 5.71. The highest BCUT2D eigenvalue weighted by atomic mass is 16.5. The maximum absolute atomic E-state index is 12.3. The van der Waals surface area contributed by atoms with Crippen molar-refractivity contribution in [3.05, 3.63) is 70.1 Å². The summed E-state index contributed by atoms with van der Waals surface area (Å²) in [4.78, 5) is 26.1. The van der Waals surface area contributed by atoms with E-state index in [1.165, 1.54) is 6.07 Å². The second-order valence-electron chi connectivity index (χ2n) is 5.96. The lowest BCUT2D eigenvalue weighted by molar-refractivity contribution is -0.122. The number of nitrogens with two attached hydrogens (primary N) is 1. The van der Waals surface area contributed by atoms with Crippen LogP contribution in [0.4, 0.5) is 0 Å². The molecule has 0 bridgehead atoms. The van der Waals surface area contributed by atoms with Crippen molar-refractivity contribution in [2.24, 2.45) is 5.73 Å². The Morgan fingerprint density at radius 3 is 2.79 bits per heavy atom. The predicted molar refractivity (Wildman–Crippen MR) is 90.3 cm³/mol. The Morgan fingerprint density at radius 2 is 2.08 bits per heavy atom. The van der Waals surface area contributed by atoms with Crippen LogP contribution in [0, 0.1) is 0 Å². The van der Waals surface area contributed by atoms with E-state index in [2.05, 4.69) is 10.3 Å². The van der Waals surface area contributed by atoms with Crippen molar-refractivity contribution < 1.29 is 9.53 Å². The third-order valence-corrected chi connectivity index (χ3v) is 4.21. The molecule has 1 fully saturated rings. The van der Waals surface area contributed by atoms with Crippen LogP contribution >= 0.6 is 0 Å². The number of ether oxygens (including phenoxy) is 1. The highest BCUT2D eigenvalue weighted by Crippen LogP contribution is 2.28. The number of aromatic amines is 1. The zero-order valence-corrected chi connectivity index (χ0v) is 13.3. The third kappa shape index (κ3) is 3.90. The molecule has 0 saturated carbocycles. The maximum Gasteiger partial charge on any atom is 0.247 e. The molecule has 1 aromatic carbocycles. The van der Waals surface area contributed by atoms with Crippen molar-refractivity contribution in [1.29, 1.82) is 0 Å². The molecule has 1 aromatic heterocycles. The van der Waals surface area contributed by atoms with E-state index in [1.54, 1.807) is 12.3 Å². The van der Waals surface area contributed by atoms with Gasteiger partial charge in [-0.1, -0.05) is 30.3 Å². The molecule has 126 valence electrons. The topological polar surface area (TPSA) is 97.2 Å². The average molecular weight is 327 g/mol. The molecule has 0 spiro atoms. The van der Waals surface area contributed by atoms with E-state index >= 15 is 0 Å². The quantitative estimate of drug-likeness (QED) is 0.773. The normalized spacial score (nSPS) is 21.4. The van der Waals surface area contributed by atoms with Crippen LogP contribution < -0.4 is 16.6 Å². The summed E-state index contributed by atoms with van der Waals surface area (Å²) in [5.41, 5.74) is 7.73.